The molecular weight excluding hydrogens is 206 g/mol. The number of piperazine rings is 1. The van der Waals surface area contributed by atoms with Crippen LogP contribution in [0.25, 0.3) is 0 Å². The van der Waals surface area contributed by atoms with Crippen LogP contribution in [0, 0.1) is 0 Å². The summed E-state index contributed by atoms with van der Waals surface area (Å²) in [6, 6.07) is 7.59. The van der Waals surface area contributed by atoms with E-state index in [1.165, 1.54) is 4.90 Å². The van der Waals surface area contributed by atoms with Crippen LogP contribution < -0.4 is 15.7 Å². The van der Waals surface area contributed by atoms with Crippen LogP contribution >= 0.6 is 0 Å². The largest absolute Gasteiger partial charge is 0.530 e. The van der Waals surface area contributed by atoms with E-state index in [4.69, 9.17) is 5.73 Å². The number of hydrogen-bond acceptors (Lipinski definition) is 4. The molecule has 0 atom stereocenters. The van der Waals surface area contributed by atoms with Gasteiger partial charge in [0.1, 0.15) is 6.09 Å². The molecule has 2 rings (SSSR count). The number of carbonyl (C=O) groups is 1. The number of nitrogens with zero attached hydrogens (tertiary/aromatic N) is 2. The first kappa shape index (κ1) is 10.6. The lowest BCUT2D eigenvalue weighted by Gasteiger charge is -2.37. The Morgan fingerprint density at radius 1 is 1.12 bits per heavy atom. The summed E-state index contributed by atoms with van der Waals surface area (Å²) in [5.74, 6) is 0. The quantitative estimate of drug-likeness (QED) is 0.661. The summed E-state index contributed by atoms with van der Waals surface area (Å²) in [7, 11) is 0. The van der Waals surface area contributed by atoms with E-state index in [1.807, 2.05) is 24.3 Å². The maximum Gasteiger partial charge on any atom is 0.137 e. The molecule has 0 unspecified atom stereocenters. The molecule has 1 aromatic carbocycles. The van der Waals surface area contributed by atoms with Gasteiger partial charge in [0.2, 0.25) is 0 Å². The Kier molecular flexibility index (Phi) is 2.85. The summed E-state index contributed by atoms with van der Waals surface area (Å²) in [6.45, 7) is 2.37. The second kappa shape index (κ2) is 4.30. The van der Waals surface area contributed by atoms with Crippen molar-refractivity contribution in [2.24, 2.45) is 0 Å². The van der Waals surface area contributed by atoms with Gasteiger partial charge in [0.05, 0.1) is 0 Å². The summed E-state index contributed by atoms with van der Waals surface area (Å²) in [5, 5.41) is 10.6. The van der Waals surface area contributed by atoms with Gasteiger partial charge >= 0.3 is 0 Å². The van der Waals surface area contributed by atoms with Gasteiger partial charge in [0.25, 0.3) is 0 Å². The molecule has 0 spiro atoms. The number of anilines is 2. The molecule has 1 amide bonds. The van der Waals surface area contributed by atoms with Crippen molar-refractivity contribution in [2.45, 2.75) is 0 Å². The molecule has 1 aliphatic rings. The maximum absolute atomic E-state index is 10.6. The highest BCUT2D eigenvalue weighted by molar-refractivity contribution is 5.63. The summed E-state index contributed by atoms with van der Waals surface area (Å²) in [6.07, 6.45) is -1.09. The number of rotatable bonds is 1. The predicted molar refractivity (Wildman–Crippen MR) is 60.0 cm³/mol. The van der Waals surface area contributed by atoms with Crippen molar-refractivity contribution in [1.82, 2.24) is 4.90 Å². The average molecular weight is 220 g/mol. The minimum atomic E-state index is -1.09. The molecule has 2 N–H and O–H groups in total. The third-order valence-electron chi connectivity index (χ3n) is 2.80. The van der Waals surface area contributed by atoms with Crippen LogP contribution in [0.1, 0.15) is 0 Å². The smallest absolute Gasteiger partial charge is 0.137 e. The van der Waals surface area contributed by atoms with Crippen molar-refractivity contribution < 1.29 is 9.90 Å². The van der Waals surface area contributed by atoms with E-state index >= 15 is 0 Å². The summed E-state index contributed by atoms with van der Waals surface area (Å²) in [5.41, 5.74) is 7.41. The van der Waals surface area contributed by atoms with Gasteiger partial charge in [-0.25, -0.2) is 0 Å². The molecule has 1 saturated heterocycles. The summed E-state index contributed by atoms with van der Waals surface area (Å²) < 4.78 is 0. The van der Waals surface area contributed by atoms with E-state index in [0.29, 0.717) is 26.2 Å². The van der Waals surface area contributed by atoms with E-state index < -0.39 is 6.09 Å². The SMILES string of the molecule is Nc1ccc(N2CCN(C(=O)[O-])CC2)cc1. The molecule has 0 bridgehead atoms. The van der Waals surface area contributed by atoms with E-state index in [0.717, 1.165) is 11.4 Å². The number of amides is 1. The first-order valence-electron chi connectivity index (χ1n) is 5.23. The standard InChI is InChI=1S/C11H15N3O2/c12-9-1-3-10(4-2-9)13-5-7-14(8-6-13)11(15)16/h1-4H,5-8,12H2,(H,15,16)/p-1. The highest BCUT2D eigenvalue weighted by atomic mass is 16.4. The molecule has 16 heavy (non-hydrogen) atoms. The Balaban J connectivity index is 1.99. The monoisotopic (exact) mass is 220 g/mol. The van der Waals surface area contributed by atoms with Gasteiger partial charge in [0.15, 0.2) is 0 Å². The van der Waals surface area contributed by atoms with Gasteiger partial charge in [-0.05, 0) is 24.3 Å². The Morgan fingerprint density at radius 3 is 2.19 bits per heavy atom. The van der Waals surface area contributed by atoms with Crippen molar-refractivity contribution in [3.05, 3.63) is 24.3 Å². The lowest BCUT2D eigenvalue weighted by Crippen LogP contribution is -2.52. The Bertz CT molecular complexity index is 369. The van der Waals surface area contributed by atoms with Crippen LogP contribution in [0.15, 0.2) is 24.3 Å². The fraction of sp³-hybridized carbons (Fsp3) is 0.364. The molecule has 1 aromatic rings. The first-order chi connectivity index (χ1) is 7.66. The Morgan fingerprint density at radius 2 is 1.69 bits per heavy atom. The van der Waals surface area contributed by atoms with E-state index in [1.54, 1.807) is 0 Å². The lowest BCUT2D eigenvalue weighted by atomic mass is 10.2. The van der Waals surface area contributed by atoms with Gasteiger partial charge in [-0.2, -0.15) is 0 Å². The topological polar surface area (TPSA) is 72.6 Å². The van der Waals surface area contributed by atoms with Gasteiger partial charge in [-0.3, -0.25) is 0 Å². The number of carboxylic acid groups (broad SMARTS) is 1. The van der Waals surface area contributed by atoms with Crippen molar-refractivity contribution in [2.75, 3.05) is 36.8 Å². The zero-order valence-corrected chi connectivity index (χ0v) is 8.93. The first-order valence-corrected chi connectivity index (χ1v) is 5.23. The fourth-order valence-electron chi connectivity index (χ4n) is 1.83. The molecule has 0 aliphatic carbocycles. The molecule has 0 saturated carbocycles. The minimum Gasteiger partial charge on any atom is -0.530 e. The molecule has 1 heterocycles. The van der Waals surface area contributed by atoms with Gasteiger partial charge in [-0.1, -0.05) is 0 Å². The highest BCUT2D eigenvalue weighted by Gasteiger charge is 2.16. The van der Waals surface area contributed by atoms with Crippen LogP contribution in [0.2, 0.25) is 0 Å². The highest BCUT2D eigenvalue weighted by Crippen LogP contribution is 2.17. The van der Waals surface area contributed by atoms with E-state index in [-0.39, 0.29) is 0 Å². The Hall–Kier alpha value is -1.91. The maximum atomic E-state index is 10.6. The second-order valence-corrected chi connectivity index (χ2v) is 3.83. The minimum absolute atomic E-state index is 0.493. The molecule has 5 heteroatoms. The van der Waals surface area contributed by atoms with Crippen LogP contribution in [-0.2, 0) is 0 Å². The molecule has 1 aliphatic heterocycles. The summed E-state index contributed by atoms with van der Waals surface area (Å²) in [4.78, 5) is 14.1. The van der Waals surface area contributed by atoms with Gasteiger partial charge in [0, 0.05) is 37.6 Å². The summed E-state index contributed by atoms with van der Waals surface area (Å²) >= 11 is 0. The predicted octanol–water partition coefficient (Wildman–Crippen LogP) is -0.266. The average Bonchev–Trinajstić information content (AvgIpc) is 2.30. The van der Waals surface area contributed by atoms with Crippen molar-refractivity contribution in [3.63, 3.8) is 0 Å². The van der Waals surface area contributed by atoms with Gasteiger partial charge < -0.3 is 25.4 Å². The third-order valence-corrected chi connectivity index (χ3v) is 2.80. The normalized spacial score (nSPS) is 16.2. The van der Waals surface area contributed by atoms with Gasteiger partial charge in [-0.15, -0.1) is 0 Å². The van der Waals surface area contributed by atoms with E-state index in [9.17, 15) is 9.90 Å². The number of nitrogen functional groups attached to an aromatic ring is 1. The number of carbonyl (C=O) groups excluding carboxylic acids is 1. The van der Waals surface area contributed by atoms with Crippen LogP contribution in [-0.4, -0.2) is 37.2 Å². The van der Waals surface area contributed by atoms with Crippen molar-refractivity contribution >= 4 is 17.5 Å². The Labute approximate surface area is 94.1 Å². The zero-order valence-electron chi connectivity index (χ0n) is 8.93. The number of benzene rings is 1. The molecule has 5 nitrogen and oxygen atoms in total. The molecule has 1 fully saturated rings. The second-order valence-electron chi connectivity index (χ2n) is 3.83. The zero-order chi connectivity index (χ0) is 11.5. The van der Waals surface area contributed by atoms with Crippen LogP contribution in [0.5, 0.6) is 0 Å². The lowest BCUT2D eigenvalue weighted by molar-refractivity contribution is -0.265. The van der Waals surface area contributed by atoms with Crippen molar-refractivity contribution in [3.8, 4) is 0 Å². The van der Waals surface area contributed by atoms with Crippen LogP contribution in [0.3, 0.4) is 0 Å². The van der Waals surface area contributed by atoms with Crippen LogP contribution in [0.4, 0.5) is 16.2 Å². The molecular formula is C11H14N3O2-. The molecule has 0 aromatic heterocycles. The number of hydrogen-bond donors (Lipinski definition) is 1. The molecule has 86 valence electrons. The number of nitrogens with two attached hydrogens (primary N) is 1. The van der Waals surface area contributed by atoms with E-state index in [2.05, 4.69) is 4.90 Å². The third kappa shape index (κ3) is 2.18. The fourth-order valence-corrected chi connectivity index (χ4v) is 1.83. The van der Waals surface area contributed by atoms with Crippen molar-refractivity contribution in [1.29, 1.82) is 0 Å². The molecule has 0 radical (unpaired) electrons.